The number of aliphatic hydroxyl groups is 1. The molecular formula is C19H27N3O4S. The third-order valence-corrected chi connectivity index (χ3v) is 5.70. The first-order valence-corrected chi connectivity index (χ1v) is 9.92. The van der Waals surface area contributed by atoms with Gasteiger partial charge in [-0.05, 0) is 44.4 Å². The van der Waals surface area contributed by atoms with Crippen molar-refractivity contribution in [3.63, 3.8) is 0 Å². The topological polar surface area (TPSA) is 104 Å². The van der Waals surface area contributed by atoms with E-state index in [1.807, 2.05) is 13.0 Å². The molecular weight excluding hydrogens is 366 g/mol. The number of nitrogens with one attached hydrogen (secondary N) is 1. The second kappa shape index (κ2) is 9.23. The molecule has 2 aliphatic heterocycles. The molecule has 2 unspecified atom stereocenters. The molecule has 7 nitrogen and oxygen atoms in total. The SMILES string of the molecule is C=CCC1=CC(O)OC([C@@H](CCC)NC(=O)C2(C)CSC(/C(C)=N/O)=N2)=C1. The van der Waals surface area contributed by atoms with E-state index in [4.69, 9.17) is 9.94 Å². The summed E-state index contributed by atoms with van der Waals surface area (Å²) >= 11 is 1.39. The number of carbonyl (C=O) groups is 1. The number of amides is 1. The molecule has 0 saturated heterocycles. The summed E-state index contributed by atoms with van der Waals surface area (Å²) in [6.07, 6.45) is 6.29. The van der Waals surface area contributed by atoms with E-state index in [2.05, 4.69) is 22.0 Å². The lowest BCUT2D eigenvalue weighted by Gasteiger charge is -2.29. The van der Waals surface area contributed by atoms with Gasteiger partial charge in [-0.25, -0.2) is 0 Å². The van der Waals surface area contributed by atoms with Gasteiger partial charge in [-0.2, -0.15) is 0 Å². The molecule has 0 aromatic heterocycles. The fourth-order valence-corrected chi connectivity index (χ4v) is 3.96. The van der Waals surface area contributed by atoms with Crippen molar-refractivity contribution in [2.75, 3.05) is 5.75 Å². The fourth-order valence-electron chi connectivity index (χ4n) is 2.83. The van der Waals surface area contributed by atoms with Crippen LogP contribution in [0, 0.1) is 0 Å². The molecule has 0 saturated carbocycles. The molecule has 148 valence electrons. The van der Waals surface area contributed by atoms with Crippen LogP contribution in [0.3, 0.4) is 0 Å². The highest BCUT2D eigenvalue weighted by atomic mass is 32.2. The summed E-state index contributed by atoms with van der Waals surface area (Å²) in [6, 6.07) is -0.362. The number of hydrogen-bond donors (Lipinski definition) is 3. The lowest BCUT2D eigenvalue weighted by Crippen LogP contribution is -2.49. The van der Waals surface area contributed by atoms with E-state index in [9.17, 15) is 9.90 Å². The quantitative estimate of drug-likeness (QED) is 0.255. The van der Waals surface area contributed by atoms with E-state index in [0.29, 0.717) is 35.1 Å². The van der Waals surface area contributed by atoms with Crippen LogP contribution < -0.4 is 5.32 Å². The van der Waals surface area contributed by atoms with Gasteiger partial charge < -0.3 is 20.4 Å². The summed E-state index contributed by atoms with van der Waals surface area (Å²) in [7, 11) is 0. The number of oxime groups is 1. The van der Waals surface area contributed by atoms with Gasteiger partial charge in [0.25, 0.3) is 0 Å². The zero-order valence-electron chi connectivity index (χ0n) is 15.9. The van der Waals surface area contributed by atoms with Crippen molar-refractivity contribution in [2.24, 2.45) is 10.1 Å². The van der Waals surface area contributed by atoms with Crippen LogP contribution in [-0.2, 0) is 9.53 Å². The smallest absolute Gasteiger partial charge is 0.249 e. The Hall–Kier alpha value is -2.06. The third kappa shape index (κ3) is 5.23. The number of ether oxygens (including phenoxy) is 1. The van der Waals surface area contributed by atoms with Crippen LogP contribution in [0.25, 0.3) is 0 Å². The molecule has 2 rings (SSSR count). The standard InChI is InChI=1S/C19H27N3O4S/c1-5-7-13-9-15(26-16(23)10-13)14(8-6-2)20-18(24)19(4)11-27-17(21-19)12(3)22-25/h5,9-10,14,16,23,25H,1,6-8,11H2,2-4H3,(H,20,24)/b22-12+/t14-,16?,19?/m1/s1. The van der Waals surface area contributed by atoms with Gasteiger partial charge in [0.2, 0.25) is 12.2 Å². The summed E-state index contributed by atoms with van der Waals surface area (Å²) in [4.78, 5) is 17.4. The van der Waals surface area contributed by atoms with Crippen LogP contribution in [-0.4, -0.2) is 50.6 Å². The first-order chi connectivity index (χ1) is 12.8. The van der Waals surface area contributed by atoms with Crippen LogP contribution in [0.1, 0.15) is 40.0 Å². The molecule has 0 spiro atoms. The van der Waals surface area contributed by atoms with Crippen LogP contribution >= 0.6 is 11.8 Å². The van der Waals surface area contributed by atoms with Crippen molar-refractivity contribution < 1.29 is 19.8 Å². The van der Waals surface area contributed by atoms with Gasteiger partial charge in [0, 0.05) is 5.75 Å². The van der Waals surface area contributed by atoms with E-state index in [-0.39, 0.29) is 11.9 Å². The van der Waals surface area contributed by atoms with Crippen LogP contribution in [0.4, 0.5) is 0 Å². The molecule has 8 heteroatoms. The van der Waals surface area contributed by atoms with Crippen LogP contribution in [0.5, 0.6) is 0 Å². The van der Waals surface area contributed by atoms with E-state index in [1.54, 1.807) is 26.0 Å². The molecule has 0 bridgehead atoms. The number of rotatable bonds is 8. The first-order valence-electron chi connectivity index (χ1n) is 8.93. The zero-order chi connectivity index (χ0) is 20.0. The highest BCUT2D eigenvalue weighted by molar-refractivity contribution is 8.16. The minimum atomic E-state index is -1.04. The average molecular weight is 394 g/mol. The molecule has 0 aromatic carbocycles. The molecule has 3 atom stereocenters. The average Bonchev–Trinajstić information content (AvgIpc) is 3.04. The van der Waals surface area contributed by atoms with Gasteiger partial charge in [-0.1, -0.05) is 24.6 Å². The van der Waals surface area contributed by atoms with Crippen molar-refractivity contribution in [3.05, 3.63) is 36.1 Å². The highest BCUT2D eigenvalue weighted by Gasteiger charge is 2.40. The third-order valence-electron chi connectivity index (χ3n) is 4.33. The number of hydrogen-bond acceptors (Lipinski definition) is 7. The predicted molar refractivity (Wildman–Crippen MR) is 108 cm³/mol. The number of aliphatic hydroxyl groups excluding tert-OH is 1. The molecule has 27 heavy (non-hydrogen) atoms. The zero-order valence-corrected chi connectivity index (χ0v) is 16.8. The molecule has 0 aliphatic carbocycles. The van der Waals surface area contributed by atoms with Gasteiger partial charge in [0.15, 0.2) is 0 Å². The van der Waals surface area contributed by atoms with Crippen LogP contribution in [0.2, 0.25) is 0 Å². The lowest BCUT2D eigenvalue weighted by atomic mass is 10.0. The van der Waals surface area contributed by atoms with Crippen molar-refractivity contribution >= 4 is 28.4 Å². The molecule has 2 aliphatic rings. The molecule has 0 fully saturated rings. The lowest BCUT2D eigenvalue weighted by molar-refractivity contribution is -0.126. The van der Waals surface area contributed by atoms with Crippen molar-refractivity contribution in [1.29, 1.82) is 0 Å². The Morgan fingerprint density at radius 1 is 1.67 bits per heavy atom. The minimum Gasteiger partial charge on any atom is -0.464 e. The molecule has 3 N–H and O–H groups in total. The van der Waals surface area contributed by atoms with Crippen molar-refractivity contribution in [3.8, 4) is 0 Å². The highest BCUT2D eigenvalue weighted by Crippen LogP contribution is 2.30. The van der Waals surface area contributed by atoms with Gasteiger partial charge in [-0.3, -0.25) is 9.79 Å². The predicted octanol–water partition coefficient (Wildman–Crippen LogP) is 2.76. The van der Waals surface area contributed by atoms with E-state index in [0.717, 1.165) is 12.0 Å². The van der Waals surface area contributed by atoms with Crippen molar-refractivity contribution in [1.82, 2.24) is 5.32 Å². The number of allylic oxidation sites excluding steroid dienone is 3. The summed E-state index contributed by atoms with van der Waals surface area (Å²) in [5, 5.41) is 25.6. The second-order valence-electron chi connectivity index (χ2n) is 6.77. The Morgan fingerprint density at radius 3 is 3.04 bits per heavy atom. The normalized spacial score (nSPS) is 26.4. The maximum atomic E-state index is 12.9. The number of nitrogens with zero attached hydrogens (tertiary/aromatic N) is 2. The Bertz CT molecular complexity index is 714. The molecule has 2 heterocycles. The first kappa shape index (κ1) is 21.2. The molecule has 0 radical (unpaired) electrons. The Kier molecular flexibility index (Phi) is 7.26. The van der Waals surface area contributed by atoms with E-state index in [1.165, 1.54) is 11.8 Å². The fraction of sp³-hybridized carbons (Fsp3) is 0.526. The Morgan fingerprint density at radius 2 is 2.41 bits per heavy atom. The monoisotopic (exact) mass is 393 g/mol. The number of aliphatic imine (C=N–C) groups is 1. The number of carbonyl (C=O) groups excluding carboxylic acids is 1. The second-order valence-corrected chi connectivity index (χ2v) is 7.73. The number of thioether (sulfide) groups is 1. The summed E-state index contributed by atoms with van der Waals surface area (Å²) < 4.78 is 5.55. The van der Waals surface area contributed by atoms with E-state index >= 15 is 0 Å². The Balaban J connectivity index is 2.19. The Labute approximate surface area is 164 Å². The molecule has 0 aromatic rings. The molecule has 1 amide bonds. The maximum Gasteiger partial charge on any atom is 0.249 e. The van der Waals surface area contributed by atoms with Gasteiger partial charge in [-0.15, -0.1) is 18.3 Å². The van der Waals surface area contributed by atoms with Gasteiger partial charge in [0.1, 0.15) is 22.1 Å². The van der Waals surface area contributed by atoms with Crippen LogP contribution in [0.15, 0.2) is 46.3 Å². The summed E-state index contributed by atoms with van der Waals surface area (Å²) in [5.74, 6) is 0.765. The summed E-state index contributed by atoms with van der Waals surface area (Å²) in [5.41, 5.74) is 0.333. The maximum absolute atomic E-state index is 12.9. The minimum absolute atomic E-state index is 0.229. The van der Waals surface area contributed by atoms with Gasteiger partial charge in [0.05, 0.1) is 6.04 Å². The summed E-state index contributed by atoms with van der Waals surface area (Å²) in [6.45, 7) is 9.13. The van der Waals surface area contributed by atoms with Gasteiger partial charge >= 0.3 is 0 Å². The van der Waals surface area contributed by atoms with E-state index < -0.39 is 11.8 Å². The van der Waals surface area contributed by atoms with Crippen molar-refractivity contribution in [2.45, 2.75) is 57.9 Å². The largest absolute Gasteiger partial charge is 0.464 e.